The van der Waals surface area contributed by atoms with Gasteiger partial charge in [-0.3, -0.25) is 4.68 Å². The van der Waals surface area contributed by atoms with Crippen molar-refractivity contribution >= 4 is 11.6 Å². The van der Waals surface area contributed by atoms with Crippen LogP contribution in [0, 0.1) is 0 Å². The molecule has 0 bridgehead atoms. The SMILES string of the molecule is CCOc1ccnc(Nc2cnn(CC)c2)n1. The van der Waals surface area contributed by atoms with Crippen molar-refractivity contribution in [2.24, 2.45) is 0 Å². The fourth-order valence-electron chi connectivity index (χ4n) is 1.36. The second kappa shape index (κ2) is 5.29. The van der Waals surface area contributed by atoms with Gasteiger partial charge in [0.1, 0.15) is 0 Å². The van der Waals surface area contributed by atoms with E-state index in [0.29, 0.717) is 18.4 Å². The normalized spacial score (nSPS) is 10.2. The quantitative estimate of drug-likeness (QED) is 0.853. The Morgan fingerprint density at radius 3 is 3.00 bits per heavy atom. The van der Waals surface area contributed by atoms with Crippen molar-refractivity contribution in [2.45, 2.75) is 20.4 Å². The maximum absolute atomic E-state index is 5.30. The Balaban J connectivity index is 2.09. The van der Waals surface area contributed by atoms with Crippen LogP contribution in [-0.4, -0.2) is 26.4 Å². The van der Waals surface area contributed by atoms with Gasteiger partial charge in [0.2, 0.25) is 11.8 Å². The molecule has 0 aliphatic carbocycles. The zero-order valence-corrected chi connectivity index (χ0v) is 9.92. The van der Waals surface area contributed by atoms with Crippen molar-refractivity contribution < 1.29 is 4.74 Å². The Morgan fingerprint density at radius 2 is 2.29 bits per heavy atom. The second-order valence-electron chi connectivity index (χ2n) is 3.36. The highest BCUT2D eigenvalue weighted by atomic mass is 16.5. The summed E-state index contributed by atoms with van der Waals surface area (Å²) >= 11 is 0. The lowest BCUT2D eigenvalue weighted by Gasteiger charge is -2.04. The number of ether oxygens (including phenoxy) is 1. The Hall–Kier alpha value is -2.11. The van der Waals surface area contributed by atoms with E-state index < -0.39 is 0 Å². The zero-order chi connectivity index (χ0) is 12.1. The first-order chi connectivity index (χ1) is 8.31. The first-order valence-electron chi connectivity index (χ1n) is 5.57. The molecule has 0 aromatic carbocycles. The number of rotatable bonds is 5. The summed E-state index contributed by atoms with van der Waals surface area (Å²) in [4.78, 5) is 8.32. The molecule has 0 saturated carbocycles. The summed E-state index contributed by atoms with van der Waals surface area (Å²) in [6, 6.07) is 1.73. The summed E-state index contributed by atoms with van der Waals surface area (Å²) in [5.41, 5.74) is 0.862. The molecular formula is C11H15N5O. The molecular weight excluding hydrogens is 218 g/mol. The van der Waals surface area contributed by atoms with Crippen molar-refractivity contribution in [3.63, 3.8) is 0 Å². The number of nitrogens with one attached hydrogen (secondary N) is 1. The van der Waals surface area contributed by atoms with Gasteiger partial charge < -0.3 is 10.1 Å². The maximum Gasteiger partial charge on any atom is 0.230 e. The van der Waals surface area contributed by atoms with E-state index in [0.717, 1.165) is 12.2 Å². The molecule has 0 radical (unpaired) electrons. The maximum atomic E-state index is 5.30. The van der Waals surface area contributed by atoms with Crippen LogP contribution in [0.4, 0.5) is 11.6 Å². The molecule has 1 N–H and O–H groups in total. The lowest BCUT2D eigenvalue weighted by molar-refractivity contribution is 0.327. The van der Waals surface area contributed by atoms with Crippen molar-refractivity contribution in [2.75, 3.05) is 11.9 Å². The van der Waals surface area contributed by atoms with E-state index in [2.05, 4.69) is 20.4 Å². The van der Waals surface area contributed by atoms with Crippen LogP contribution < -0.4 is 10.1 Å². The summed E-state index contributed by atoms with van der Waals surface area (Å²) < 4.78 is 7.13. The monoisotopic (exact) mass is 233 g/mol. The van der Waals surface area contributed by atoms with Crippen molar-refractivity contribution in [3.05, 3.63) is 24.7 Å². The summed E-state index contributed by atoms with van der Waals surface area (Å²) in [5, 5.41) is 7.23. The highest BCUT2D eigenvalue weighted by Gasteiger charge is 2.02. The van der Waals surface area contributed by atoms with Gasteiger partial charge in [0.15, 0.2) is 0 Å². The molecule has 0 unspecified atom stereocenters. The van der Waals surface area contributed by atoms with Gasteiger partial charge in [-0.05, 0) is 13.8 Å². The predicted octanol–water partition coefficient (Wildman–Crippen LogP) is 1.84. The Kier molecular flexibility index (Phi) is 3.54. The average molecular weight is 233 g/mol. The number of aryl methyl sites for hydroxylation is 1. The van der Waals surface area contributed by atoms with Crippen LogP contribution >= 0.6 is 0 Å². The van der Waals surface area contributed by atoms with Gasteiger partial charge in [0.05, 0.1) is 18.5 Å². The molecule has 0 aliphatic heterocycles. The molecule has 2 heterocycles. The molecule has 2 aromatic heterocycles. The van der Waals surface area contributed by atoms with Crippen molar-refractivity contribution in [3.8, 4) is 5.88 Å². The molecule has 6 heteroatoms. The third kappa shape index (κ3) is 2.93. The molecule has 0 aliphatic rings. The van der Waals surface area contributed by atoms with Gasteiger partial charge in [0, 0.05) is 25.0 Å². The van der Waals surface area contributed by atoms with E-state index in [4.69, 9.17) is 4.74 Å². The largest absolute Gasteiger partial charge is 0.478 e. The number of nitrogens with zero attached hydrogens (tertiary/aromatic N) is 4. The van der Waals surface area contributed by atoms with Crippen LogP contribution in [0.25, 0.3) is 0 Å². The zero-order valence-electron chi connectivity index (χ0n) is 9.92. The van der Waals surface area contributed by atoms with E-state index in [1.54, 1.807) is 18.5 Å². The van der Waals surface area contributed by atoms with Crippen molar-refractivity contribution in [1.82, 2.24) is 19.7 Å². The van der Waals surface area contributed by atoms with Gasteiger partial charge in [-0.25, -0.2) is 4.98 Å². The van der Waals surface area contributed by atoms with E-state index in [1.807, 2.05) is 24.7 Å². The smallest absolute Gasteiger partial charge is 0.230 e. The van der Waals surface area contributed by atoms with Crippen LogP contribution in [0.5, 0.6) is 5.88 Å². The van der Waals surface area contributed by atoms with Crippen molar-refractivity contribution in [1.29, 1.82) is 0 Å². The molecule has 6 nitrogen and oxygen atoms in total. The second-order valence-corrected chi connectivity index (χ2v) is 3.36. The molecule has 2 aromatic rings. The standard InChI is InChI=1S/C11H15N5O/c1-3-16-8-9(7-13-16)14-11-12-6-5-10(15-11)17-4-2/h5-8H,3-4H2,1-2H3,(H,12,14,15). The Labute approximate surface area is 99.7 Å². The molecule has 17 heavy (non-hydrogen) atoms. The third-order valence-electron chi connectivity index (χ3n) is 2.14. The highest BCUT2D eigenvalue weighted by Crippen LogP contribution is 2.14. The molecule has 0 amide bonds. The third-order valence-corrected chi connectivity index (χ3v) is 2.14. The minimum atomic E-state index is 0.506. The van der Waals surface area contributed by atoms with Crippen LogP contribution in [0.15, 0.2) is 24.7 Å². The van der Waals surface area contributed by atoms with Gasteiger partial charge in [-0.2, -0.15) is 10.1 Å². The average Bonchev–Trinajstić information content (AvgIpc) is 2.78. The molecule has 90 valence electrons. The van der Waals surface area contributed by atoms with Crippen LogP contribution in [-0.2, 0) is 6.54 Å². The lowest BCUT2D eigenvalue weighted by Crippen LogP contribution is -2.00. The van der Waals surface area contributed by atoms with E-state index in [9.17, 15) is 0 Å². The molecule has 0 fully saturated rings. The Bertz CT molecular complexity index is 482. The summed E-state index contributed by atoms with van der Waals surface area (Å²) in [6.07, 6.45) is 5.29. The first-order valence-corrected chi connectivity index (χ1v) is 5.57. The minimum Gasteiger partial charge on any atom is -0.478 e. The lowest BCUT2D eigenvalue weighted by atomic mass is 10.5. The minimum absolute atomic E-state index is 0.506. The first kappa shape index (κ1) is 11.4. The number of hydrogen-bond donors (Lipinski definition) is 1. The Morgan fingerprint density at radius 1 is 1.41 bits per heavy atom. The van der Waals surface area contributed by atoms with E-state index in [-0.39, 0.29) is 0 Å². The fourth-order valence-corrected chi connectivity index (χ4v) is 1.36. The molecule has 0 saturated heterocycles. The van der Waals surface area contributed by atoms with Crippen LogP contribution in [0.2, 0.25) is 0 Å². The highest BCUT2D eigenvalue weighted by molar-refractivity contribution is 5.50. The number of hydrogen-bond acceptors (Lipinski definition) is 5. The summed E-state index contributed by atoms with van der Waals surface area (Å²) in [6.45, 7) is 5.37. The van der Waals surface area contributed by atoms with E-state index >= 15 is 0 Å². The van der Waals surface area contributed by atoms with Gasteiger partial charge in [-0.15, -0.1) is 0 Å². The van der Waals surface area contributed by atoms with Crippen LogP contribution in [0.3, 0.4) is 0 Å². The molecule has 2 rings (SSSR count). The van der Waals surface area contributed by atoms with E-state index in [1.165, 1.54) is 0 Å². The molecule has 0 atom stereocenters. The number of anilines is 2. The van der Waals surface area contributed by atoms with Gasteiger partial charge >= 0.3 is 0 Å². The predicted molar refractivity (Wildman–Crippen MR) is 64.4 cm³/mol. The van der Waals surface area contributed by atoms with Gasteiger partial charge in [0.25, 0.3) is 0 Å². The fraction of sp³-hybridized carbons (Fsp3) is 0.364. The summed E-state index contributed by atoms with van der Waals surface area (Å²) in [7, 11) is 0. The molecule has 0 spiro atoms. The topological polar surface area (TPSA) is 64.9 Å². The number of aromatic nitrogens is 4. The summed E-state index contributed by atoms with van der Waals surface area (Å²) in [5.74, 6) is 1.07. The van der Waals surface area contributed by atoms with Crippen LogP contribution in [0.1, 0.15) is 13.8 Å². The van der Waals surface area contributed by atoms with Gasteiger partial charge in [-0.1, -0.05) is 0 Å².